The van der Waals surface area contributed by atoms with Crippen LogP contribution < -0.4 is 5.32 Å². The van der Waals surface area contributed by atoms with Gasteiger partial charge in [-0.15, -0.1) is 0 Å². The van der Waals surface area contributed by atoms with Crippen molar-refractivity contribution in [2.75, 3.05) is 7.05 Å². The zero-order valence-electron chi connectivity index (χ0n) is 13.4. The quantitative estimate of drug-likeness (QED) is 0.748. The molecule has 0 radical (unpaired) electrons. The molecule has 26 heavy (non-hydrogen) atoms. The number of hydrogen-bond acceptors (Lipinski definition) is 5. The summed E-state index contributed by atoms with van der Waals surface area (Å²) in [6, 6.07) is 0.765. The zero-order valence-corrected chi connectivity index (χ0v) is 14.2. The number of rotatable bonds is 3. The van der Waals surface area contributed by atoms with Gasteiger partial charge in [-0.2, -0.15) is 18.3 Å². The fraction of sp³-hybridized carbons (Fsp3) is 0.200. The highest BCUT2D eigenvalue weighted by molar-refractivity contribution is 6.32. The highest BCUT2D eigenvalue weighted by Crippen LogP contribution is 2.32. The van der Waals surface area contributed by atoms with Crippen LogP contribution in [0.5, 0.6) is 0 Å². The van der Waals surface area contributed by atoms with Gasteiger partial charge >= 0.3 is 6.18 Å². The zero-order chi connectivity index (χ0) is 19.1. The summed E-state index contributed by atoms with van der Waals surface area (Å²) in [5, 5.41) is 10.1. The first-order valence-electron chi connectivity index (χ1n) is 7.19. The van der Waals surface area contributed by atoms with E-state index in [4.69, 9.17) is 16.1 Å². The molecular weight excluding hydrogens is 375 g/mol. The summed E-state index contributed by atoms with van der Waals surface area (Å²) >= 11 is 5.91. The van der Waals surface area contributed by atoms with E-state index in [9.17, 15) is 18.0 Å². The molecule has 1 N–H and O–H groups in total. The number of halogens is 4. The molecule has 0 fully saturated rings. The Morgan fingerprint density at radius 3 is 2.69 bits per heavy atom. The van der Waals surface area contributed by atoms with Crippen LogP contribution in [0.1, 0.15) is 21.7 Å². The SMILES string of the molecule is CNC(=O)c1c(-c2cnn(-c3ncc(C(F)(F)F)cc3Cl)c2)noc1C. The van der Waals surface area contributed by atoms with Gasteiger partial charge in [-0.3, -0.25) is 4.79 Å². The molecule has 0 aliphatic carbocycles. The second-order valence-electron chi connectivity index (χ2n) is 5.24. The predicted molar refractivity (Wildman–Crippen MR) is 85.0 cm³/mol. The van der Waals surface area contributed by atoms with Crippen molar-refractivity contribution in [2.24, 2.45) is 0 Å². The molecule has 136 valence electrons. The number of pyridine rings is 1. The number of amides is 1. The van der Waals surface area contributed by atoms with Crippen LogP contribution >= 0.6 is 11.6 Å². The molecule has 0 aliphatic heterocycles. The van der Waals surface area contributed by atoms with E-state index in [0.29, 0.717) is 17.5 Å². The summed E-state index contributed by atoms with van der Waals surface area (Å²) < 4.78 is 44.4. The van der Waals surface area contributed by atoms with Gasteiger partial charge in [0.15, 0.2) is 5.82 Å². The Bertz CT molecular complexity index is 980. The van der Waals surface area contributed by atoms with E-state index >= 15 is 0 Å². The average molecular weight is 386 g/mol. The monoisotopic (exact) mass is 385 g/mol. The van der Waals surface area contributed by atoms with Crippen LogP contribution in [0.3, 0.4) is 0 Å². The Morgan fingerprint density at radius 1 is 1.35 bits per heavy atom. The average Bonchev–Trinajstić information content (AvgIpc) is 3.19. The van der Waals surface area contributed by atoms with E-state index < -0.39 is 17.6 Å². The minimum Gasteiger partial charge on any atom is -0.360 e. The van der Waals surface area contributed by atoms with Crippen molar-refractivity contribution in [3.05, 3.63) is 46.6 Å². The van der Waals surface area contributed by atoms with Gasteiger partial charge < -0.3 is 9.84 Å². The van der Waals surface area contributed by atoms with Crippen LogP contribution in [0.15, 0.2) is 29.2 Å². The Balaban J connectivity index is 2.01. The van der Waals surface area contributed by atoms with E-state index in [1.807, 2.05) is 0 Å². The van der Waals surface area contributed by atoms with Crippen molar-refractivity contribution in [3.63, 3.8) is 0 Å². The fourth-order valence-corrected chi connectivity index (χ4v) is 2.53. The Hall–Kier alpha value is -2.88. The normalized spacial score (nSPS) is 11.6. The van der Waals surface area contributed by atoms with Gasteiger partial charge in [0.25, 0.3) is 5.91 Å². The number of hydrogen-bond donors (Lipinski definition) is 1. The molecule has 0 saturated heterocycles. The van der Waals surface area contributed by atoms with Gasteiger partial charge in [-0.25, -0.2) is 9.67 Å². The van der Waals surface area contributed by atoms with E-state index in [2.05, 4.69) is 20.6 Å². The Morgan fingerprint density at radius 2 is 2.08 bits per heavy atom. The largest absolute Gasteiger partial charge is 0.417 e. The predicted octanol–water partition coefficient (Wildman–Crippen LogP) is 3.26. The maximum Gasteiger partial charge on any atom is 0.417 e. The lowest BCUT2D eigenvalue weighted by atomic mass is 10.1. The van der Waals surface area contributed by atoms with Gasteiger partial charge in [0, 0.05) is 25.0 Å². The molecule has 0 aromatic carbocycles. The van der Waals surface area contributed by atoms with E-state index in [-0.39, 0.29) is 22.1 Å². The van der Waals surface area contributed by atoms with E-state index in [1.54, 1.807) is 6.92 Å². The summed E-state index contributed by atoms with van der Waals surface area (Å²) in [5.41, 5.74) is -0.0690. The highest BCUT2D eigenvalue weighted by Gasteiger charge is 2.32. The third kappa shape index (κ3) is 3.15. The van der Waals surface area contributed by atoms with Crippen LogP contribution in [0.25, 0.3) is 17.1 Å². The molecule has 0 bridgehead atoms. The molecule has 11 heteroatoms. The summed E-state index contributed by atoms with van der Waals surface area (Å²) in [4.78, 5) is 15.7. The third-order valence-corrected chi connectivity index (χ3v) is 3.82. The van der Waals surface area contributed by atoms with E-state index in [0.717, 1.165) is 6.07 Å². The smallest absolute Gasteiger partial charge is 0.360 e. The summed E-state index contributed by atoms with van der Waals surface area (Å²) in [6.07, 6.45) is -1.07. The molecule has 0 aliphatic rings. The second-order valence-corrected chi connectivity index (χ2v) is 5.65. The van der Waals surface area contributed by atoms with Crippen LogP contribution in [-0.4, -0.2) is 32.9 Å². The Kier molecular flexibility index (Phi) is 4.45. The highest BCUT2D eigenvalue weighted by atomic mass is 35.5. The van der Waals surface area contributed by atoms with Gasteiger partial charge in [0.1, 0.15) is 17.0 Å². The number of alkyl halides is 3. The van der Waals surface area contributed by atoms with Gasteiger partial charge in [-0.05, 0) is 13.0 Å². The molecule has 7 nitrogen and oxygen atoms in total. The van der Waals surface area contributed by atoms with Crippen molar-refractivity contribution in [2.45, 2.75) is 13.1 Å². The maximum absolute atomic E-state index is 12.7. The molecule has 0 spiro atoms. The summed E-state index contributed by atoms with van der Waals surface area (Å²) in [5.74, 6) is -0.0670. The van der Waals surface area contributed by atoms with Crippen molar-refractivity contribution >= 4 is 17.5 Å². The van der Waals surface area contributed by atoms with Crippen molar-refractivity contribution in [1.82, 2.24) is 25.2 Å². The second kappa shape index (κ2) is 6.45. The van der Waals surface area contributed by atoms with Gasteiger partial charge in [-0.1, -0.05) is 16.8 Å². The van der Waals surface area contributed by atoms with Crippen LogP contribution in [-0.2, 0) is 6.18 Å². The summed E-state index contributed by atoms with van der Waals surface area (Å²) in [6.45, 7) is 1.58. The van der Waals surface area contributed by atoms with Crippen molar-refractivity contribution in [1.29, 1.82) is 0 Å². The number of nitrogens with one attached hydrogen (secondary N) is 1. The number of carbonyl (C=O) groups excluding carboxylic acids is 1. The minimum atomic E-state index is -4.55. The standard InChI is InChI=1S/C15H11ClF3N5O2/c1-7-11(14(25)20-2)12(23-26-7)8-4-22-24(6-8)13-10(16)3-9(5-21-13)15(17,18)19/h3-6H,1-2H3,(H,20,25). The van der Waals surface area contributed by atoms with Crippen molar-refractivity contribution < 1.29 is 22.5 Å². The lowest BCUT2D eigenvalue weighted by molar-refractivity contribution is -0.137. The summed E-state index contributed by atoms with van der Waals surface area (Å²) in [7, 11) is 1.47. The van der Waals surface area contributed by atoms with Crippen LogP contribution in [0, 0.1) is 6.92 Å². The van der Waals surface area contributed by atoms with Crippen LogP contribution in [0.4, 0.5) is 13.2 Å². The van der Waals surface area contributed by atoms with Gasteiger partial charge in [0.2, 0.25) is 0 Å². The third-order valence-electron chi connectivity index (χ3n) is 3.54. The number of nitrogens with zero attached hydrogens (tertiary/aromatic N) is 4. The lowest BCUT2D eigenvalue weighted by Crippen LogP contribution is -2.18. The van der Waals surface area contributed by atoms with Crippen molar-refractivity contribution in [3.8, 4) is 17.1 Å². The molecule has 3 aromatic rings. The molecule has 3 heterocycles. The molecule has 0 unspecified atom stereocenters. The Labute approximate surface area is 149 Å². The topological polar surface area (TPSA) is 85.8 Å². The van der Waals surface area contributed by atoms with Crippen LogP contribution in [0.2, 0.25) is 5.02 Å². The van der Waals surface area contributed by atoms with E-state index in [1.165, 1.54) is 24.1 Å². The first-order chi connectivity index (χ1) is 12.2. The molecule has 0 saturated carbocycles. The lowest BCUT2D eigenvalue weighted by Gasteiger charge is -2.08. The maximum atomic E-state index is 12.7. The fourth-order valence-electron chi connectivity index (χ4n) is 2.28. The van der Waals surface area contributed by atoms with Gasteiger partial charge in [0.05, 0.1) is 16.8 Å². The molecule has 3 rings (SSSR count). The number of carbonyl (C=O) groups is 1. The number of aromatic nitrogens is 4. The molecule has 1 amide bonds. The molecular formula is C15H11ClF3N5O2. The molecule has 0 atom stereocenters. The minimum absolute atomic E-state index is 0.00706. The first-order valence-corrected chi connectivity index (χ1v) is 7.56. The first kappa shape index (κ1) is 17.9. The molecule has 3 aromatic heterocycles. The number of aryl methyl sites for hydroxylation is 1.